The predicted molar refractivity (Wildman–Crippen MR) is 118 cm³/mol. The smallest absolute Gasteiger partial charge is 0.262 e. The molecule has 0 saturated heterocycles. The van der Waals surface area contributed by atoms with Crippen molar-refractivity contribution in [2.75, 3.05) is 6.61 Å². The predicted octanol–water partition coefficient (Wildman–Crippen LogP) is 4.06. The Hall–Kier alpha value is -3.00. The van der Waals surface area contributed by atoms with Crippen LogP contribution >= 0.6 is 15.9 Å². The first kappa shape index (κ1) is 23.3. The second kappa shape index (κ2) is 11.3. The molecular formula is C22H23BrFN3O3. The number of carbonyl (C=O) groups excluding carboxylic acids is 2. The van der Waals surface area contributed by atoms with Crippen LogP contribution in [0.1, 0.15) is 29.8 Å². The highest BCUT2D eigenvalue weighted by Gasteiger charge is 2.25. The SMILES string of the molecule is C=CCOc1ccc(C=NNC(=O)C(NC(=O)c2ccccc2F)C(C)C)cc1Br. The van der Waals surface area contributed by atoms with Crippen molar-refractivity contribution in [2.45, 2.75) is 19.9 Å². The van der Waals surface area contributed by atoms with Gasteiger partial charge in [-0.15, -0.1) is 0 Å². The number of hydrogen-bond donors (Lipinski definition) is 2. The van der Waals surface area contributed by atoms with Crippen LogP contribution in [0.15, 0.2) is 64.7 Å². The second-order valence-corrected chi connectivity index (χ2v) is 7.55. The van der Waals surface area contributed by atoms with Gasteiger partial charge in [0.2, 0.25) is 0 Å². The number of benzene rings is 2. The van der Waals surface area contributed by atoms with E-state index in [9.17, 15) is 14.0 Å². The van der Waals surface area contributed by atoms with Crippen LogP contribution in [-0.4, -0.2) is 30.7 Å². The molecule has 2 aromatic carbocycles. The molecule has 0 saturated carbocycles. The Kier molecular flexibility index (Phi) is 8.73. The largest absolute Gasteiger partial charge is 0.488 e. The van der Waals surface area contributed by atoms with Crippen molar-refractivity contribution in [2.24, 2.45) is 11.0 Å². The molecule has 2 amide bonds. The molecule has 0 aliphatic heterocycles. The van der Waals surface area contributed by atoms with Gasteiger partial charge in [-0.3, -0.25) is 9.59 Å². The van der Waals surface area contributed by atoms with Gasteiger partial charge in [-0.25, -0.2) is 9.82 Å². The van der Waals surface area contributed by atoms with E-state index >= 15 is 0 Å². The van der Waals surface area contributed by atoms with Crippen LogP contribution in [0.2, 0.25) is 0 Å². The Labute approximate surface area is 183 Å². The van der Waals surface area contributed by atoms with Crippen molar-refractivity contribution < 1.29 is 18.7 Å². The molecule has 0 aliphatic rings. The third-order valence-electron chi connectivity index (χ3n) is 4.06. The number of hydrogen-bond acceptors (Lipinski definition) is 4. The van der Waals surface area contributed by atoms with Crippen molar-refractivity contribution in [1.29, 1.82) is 0 Å². The second-order valence-electron chi connectivity index (χ2n) is 6.70. The lowest BCUT2D eigenvalue weighted by Crippen LogP contribution is -2.48. The van der Waals surface area contributed by atoms with E-state index in [0.717, 1.165) is 10.0 Å². The highest BCUT2D eigenvalue weighted by Crippen LogP contribution is 2.25. The fourth-order valence-corrected chi connectivity index (χ4v) is 3.01. The van der Waals surface area contributed by atoms with Gasteiger partial charge in [0, 0.05) is 0 Å². The van der Waals surface area contributed by atoms with Crippen LogP contribution in [0.4, 0.5) is 4.39 Å². The van der Waals surface area contributed by atoms with Crippen LogP contribution in [-0.2, 0) is 4.79 Å². The summed E-state index contributed by atoms with van der Waals surface area (Å²) in [7, 11) is 0. The van der Waals surface area contributed by atoms with E-state index in [2.05, 4.69) is 38.4 Å². The van der Waals surface area contributed by atoms with Crippen LogP contribution < -0.4 is 15.5 Å². The summed E-state index contributed by atoms with van der Waals surface area (Å²) in [5.74, 6) is -1.39. The van der Waals surface area contributed by atoms with Crippen molar-refractivity contribution in [3.05, 3.63) is 76.5 Å². The van der Waals surface area contributed by atoms with Gasteiger partial charge in [-0.1, -0.05) is 38.6 Å². The molecule has 158 valence electrons. The van der Waals surface area contributed by atoms with E-state index in [1.54, 1.807) is 44.2 Å². The number of nitrogens with zero attached hydrogens (tertiary/aromatic N) is 1. The topological polar surface area (TPSA) is 79.8 Å². The zero-order chi connectivity index (χ0) is 22.1. The minimum absolute atomic E-state index is 0.122. The summed E-state index contributed by atoms with van der Waals surface area (Å²) >= 11 is 3.41. The van der Waals surface area contributed by atoms with E-state index in [-0.39, 0.29) is 11.5 Å². The Morgan fingerprint density at radius 2 is 2.00 bits per heavy atom. The van der Waals surface area contributed by atoms with Gasteiger partial charge < -0.3 is 10.1 Å². The van der Waals surface area contributed by atoms with Gasteiger partial charge in [0.25, 0.3) is 11.8 Å². The summed E-state index contributed by atoms with van der Waals surface area (Å²) in [6, 6.07) is 10.0. The molecule has 0 spiro atoms. The standard InChI is InChI=1S/C22H23BrFN3O3/c1-4-11-30-19-10-9-15(12-17(19)23)13-25-27-22(29)20(14(2)3)26-21(28)16-7-5-6-8-18(16)24/h4-10,12-14,20H,1,11H2,2-3H3,(H,26,28)(H,27,29). The maximum absolute atomic E-state index is 13.8. The van der Waals surface area contributed by atoms with Gasteiger partial charge in [-0.2, -0.15) is 5.10 Å². The molecule has 30 heavy (non-hydrogen) atoms. The molecule has 0 bridgehead atoms. The van der Waals surface area contributed by atoms with Crippen LogP contribution in [0.3, 0.4) is 0 Å². The zero-order valence-electron chi connectivity index (χ0n) is 16.7. The molecule has 0 heterocycles. The number of carbonyl (C=O) groups is 2. The first-order valence-corrected chi connectivity index (χ1v) is 10.0. The first-order valence-electron chi connectivity index (χ1n) is 9.25. The van der Waals surface area contributed by atoms with Gasteiger partial charge in [-0.05, 0) is 57.7 Å². The van der Waals surface area contributed by atoms with Gasteiger partial charge in [0.05, 0.1) is 16.3 Å². The third-order valence-corrected chi connectivity index (χ3v) is 4.67. The van der Waals surface area contributed by atoms with E-state index in [4.69, 9.17) is 4.74 Å². The number of rotatable bonds is 9. The summed E-state index contributed by atoms with van der Waals surface area (Å²) in [5, 5.41) is 6.51. The van der Waals surface area contributed by atoms with Gasteiger partial charge in [0.15, 0.2) is 0 Å². The maximum Gasteiger partial charge on any atom is 0.262 e. The molecule has 1 unspecified atom stereocenters. The minimum atomic E-state index is -0.879. The molecule has 6 nitrogen and oxygen atoms in total. The van der Waals surface area contributed by atoms with Crippen molar-refractivity contribution >= 4 is 34.0 Å². The Morgan fingerprint density at radius 3 is 2.63 bits per heavy atom. The average Bonchev–Trinajstić information content (AvgIpc) is 2.71. The molecule has 2 aromatic rings. The fourth-order valence-electron chi connectivity index (χ4n) is 2.50. The van der Waals surface area contributed by atoms with Crippen LogP contribution in [0.25, 0.3) is 0 Å². The highest BCUT2D eigenvalue weighted by molar-refractivity contribution is 9.10. The van der Waals surface area contributed by atoms with E-state index in [1.165, 1.54) is 24.4 Å². The zero-order valence-corrected chi connectivity index (χ0v) is 18.3. The quantitative estimate of drug-likeness (QED) is 0.326. The van der Waals surface area contributed by atoms with Crippen molar-refractivity contribution in [3.63, 3.8) is 0 Å². The van der Waals surface area contributed by atoms with Crippen molar-refractivity contribution in [3.8, 4) is 5.75 Å². The highest BCUT2D eigenvalue weighted by atomic mass is 79.9. The lowest BCUT2D eigenvalue weighted by Gasteiger charge is -2.20. The normalized spacial score (nSPS) is 11.9. The van der Waals surface area contributed by atoms with Crippen LogP contribution in [0, 0.1) is 11.7 Å². The van der Waals surface area contributed by atoms with Gasteiger partial charge in [0.1, 0.15) is 24.2 Å². The molecule has 2 rings (SSSR count). The number of halogens is 2. The first-order chi connectivity index (χ1) is 14.3. The van der Waals surface area contributed by atoms with E-state index < -0.39 is 23.7 Å². The molecule has 2 N–H and O–H groups in total. The monoisotopic (exact) mass is 475 g/mol. The summed E-state index contributed by atoms with van der Waals surface area (Å²) in [6.45, 7) is 7.53. The summed E-state index contributed by atoms with van der Waals surface area (Å²) in [6.07, 6.45) is 3.11. The minimum Gasteiger partial charge on any atom is -0.488 e. The summed E-state index contributed by atoms with van der Waals surface area (Å²) < 4.78 is 20.0. The Balaban J connectivity index is 2.01. The number of nitrogens with one attached hydrogen (secondary N) is 2. The maximum atomic E-state index is 13.8. The molecule has 0 fully saturated rings. The average molecular weight is 476 g/mol. The molecule has 0 aromatic heterocycles. The number of hydrazone groups is 1. The summed E-state index contributed by atoms with van der Waals surface area (Å²) in [4.78, 5) is 24.8. The lowest BCUT2D eigenvalue weighted by atomic mass is 10.0. The molecule has 8 heteroatoms. The molecule has 0 aliphatic carbocycles. The Bertz CT molecular complexity index is 947. The molecule has 0 radical (unpaired) electrons. The number of amides is 2. The third kappa shape index (κ3) is 6.52. The van der Waals surface area contributed by atoms with Crippen LogP contribution in [0.5, 0.6) is 5.75 Å². The van der Waals surface area contributed by atoms with E-state index in [0.29, 0.717) is 12.4 Å². The van der Waals surface area contributed by atoms with Gasteiger partial charge >= 0.3 is 0 Å². The lowest BCUT2D eigenvalue weighted by molar-refractivity contribution is -0.123. The molecular weight excluding hydrogens is 453 g/mol. The van der Waals surface area contributed by atoms with E-state index in [1.807, 2.05) is 0 Å². The number of ether oxygens (including phenoxy) is 1. The summed E-state index contributed by atoms with van der Waals surface area (Å²) in [5.41, 5.74) is 3.02. The van der Waals surface area contributed by atoms with Crippen molar-refractivity contribution in [1.82, 2.24) is 10.7 Å². The Morgan fingerprint density at radius 1 is 1.27 bits per heavy atom. The molecule has 1 atom stereocenters. The fraction of sp³-hybridized carbons (Fsp3) is 0.227.